The maximum absolute atomic E-state index is 11.1. The summed E-state index contributed by atoms with van der Waals surface area (Å²) in [5, 5.41) is 17.8. The Morgan fingerprint density at radius 3 is 2.88 bits per heavy atom. The van der Waals surface area contributed by atoms with Crippen molar-refractivity contribution in [1.82, 2.24) is 10.2 Å². The lowest BCUT2D eigenvalue weighted by Gasteiger charge is -2.11. The molecule has 16 heavy (non-hydrogen) atoms. The molecule has 0 saturated carbocycles. The van der Waals surface area contributed by atoms with Crippen LogP contribution in [-0.2, 0) is 4.79 Å². The smallest absolute Gasteiger partial charge is 0.311 e. The molecule has 4 nitrogen and oxygen atoms in total. The van der Waals surface area contributed by atoms with E-state index in [9.17, 15) is 4.79 Å². The number of carbonyl (C=O) groups is 1. The van der Waals surface area contributed by atoms with Gasteiger partial charge in [0.1, 0.15) is 0 Å². The summed E-state index contributed by atoms with van der Waals surface area (Å²) in [4.78, 5) is 11.1. The van der Waals surface area contributed by atoms with Crippen LogP contribution < -0.4 is 0 Å². The van der Waals surface area contributed by atoms with Crippen LogP contribution in [0, 0.1) is 0 Å². The molecule has 0 spiro atoms. The molecular formula is C12H12N2O2. The van der Waals surface area contributed by atoms with Gasteiger partial charge < -0.3 is 5.11 Å². The van der Waals surface area contributed by atoms with Crippen LogP contribution in [0.25, 0.3) is 10.9 Å². The zero-order valence-electron chi connectivity index (χ0n) is 8.92. The van der Waals surface area contributed by atoms with E-state index < -0.39 is 11.9 Å². The van der Waals surface area contributed by atoms with E-state index in [1.807, 2.05) is 31.2 Å². The summed E-state index contributed by atoms with van der Waals surface area (Å²) < 4.78 is 0. The van der Waals surface area contributed by atoms with Crippen molar-refractivity contribution in [3.05, 3.63) is 36.0 Å². The number of fused-ring (bicyclic) bond motifs is 1. The van der Waals surface area contributed by atoms with Crippen molar-refractivity contribution in [2.75, 3.05) is 0 Å². The van der Waals surface area contributed by atoms with E-state index in [-0.39, 0.29) is 0 Å². The fourth-order valence-electron chi connectivity index (χ4n) is 1.83. The highest BCUT2D eigenvalue weighted by molar-refractivity contribution is 5.87. The van der Waals surface area contributed by atoms with Gasteiger partial charge in [0.05, 0.1) is 17.6 Å². The van der Waals surface area contributed by atoms with E-state index in [1.54, 1.807) is 6.20 Å². The summed E-state index contributed by atoms with van der Waals surface area (Å²) in [7, 11) is 0. The number of hydrogen-bond acceptors (Lipinski definition) is 3. The van der Waals surface area contributed by atoms with E-state index >= 15 is 0 Å². The van der Waals surface area contributed by atoms with Gasteiger partial charge in [-0.05, 0) is 18.1 Å². The van der Waals surface area contributed by atoms with Crippen molar-refractivity contribution in [2.45, 2.75) is 19.3 Å². The zero-order valence-corrected chi connectivity index (χ0v) is 8.92. The van der Waals surface area contributed by atoms with E-state index in [0.717, 1.165) is 16.5 Å². The van der Waals surface area contributed by atoms with Crippen LogP contribution in [0.1, 0.15) is 24.8 Å². The number of benzene rings is 1. The molecule has 1 atom stereocenters. The lowest BCUT2D eigenvalue weighted by molar-refractivity contribution is -0.138. The quantitative estimate of drug-likeness (QED) is 0.854. The highest BCUT2D eigenvalue weighted by Gasteiger charge is 2.20. The van der Waals surface area contributed by atoms with Gasteiger partial charge in [0, 0.05) is 5.39 Å². The Morgan fingerprint density at radius 1 is 1.44 bits per heavy atom. The van der Waals surface area contributed by atoms with E-state index in [2.05, 4.69) is 10.2 Å². The van der Waals surface area contributed by atoms with E-state index in [1.165, 1.54) is 0 Å². The number of nitrogens with zero attached hydrogens (tertiary/aromatic N) is 2. The molecule has 0 fully saturated rings. The topological polar surface area (TPSA) is 63.1 Å². The SMILES string of the molecule is CCC(C(=O)O)c1cnnc2ccccc12. The first-order valence-electron chi connectivity index (χ1n) is 5.17. The molecule has 0 aliphatic rings. The molecule has 0 amide bonds. The molecule has 1 unspecified atom stereocenters. The van der Waals surface area contributed by atoms with Crippen LogP contribution >= 0.6 is 0 Å². The zero-order chi connectivity index (χ0) is 11.5. The largest absolute Gasteiger partial charge is 0.481 e. The Hall–Kier alpha value is -1.97. The van der Waals surface area contributed by atoms with Crippen molar-refractivity contribution in [3.8, 4) is 0 Å². The van der Waals surface area contributed by atoms with Crippen LogP contribution in [-0.4, -0.2) is 21.3 Å². The average Bonchev–Trinajstić information content (AvgIpc) is 2.30. The van der Waals surface area contributed by atoms with Crippen molar-refractivity contribution < 1.29 is 9.90 Å². The van der Waals surface area contributed by atoms with E-state index in [4.69, 9.17) is 5.11 Å². The Labute approximate surface area is 92.9 Å². The van der Waals surface area contributed by atoms with Gasteiger partial charge in [-0.2, -0.15) is 10.2 Å². The Kier molecular flexibility index (Phi) is 2.81. The number of aromatic nitrogens is 2. The molecule has 0 aliphatic heterocycles. The number of rotatable bonds is 3. The van der Waals surface area contributed by atoms with Crippen LogP contribution in [0.5, 0.6) is 0 Å². The maximum atomic E-state index is 11.1. The van der Waals surface area contributed by atoms with Gasteiger partial charge in [-0.25, -0.2) is 0 Å². The highest BCUT2D eigenvalue weighted by atomic mass is 16.4. The third-order valence-electron chi connectivity index (χ3n) is 2.66. The molecule has 2 rings (SSSR count). The normalized spacial score (nSPS) is 12.6. The summed E-state index contributed by atoms with van der Waals surface area (Å²) >= 11 is 0. The second kappa shape index (κ2) is 4.26. The molecular weight excluding hydrogens is 204 g/mol. The molecule has 0 bridgehead atoms. The molecule has 4 heteroatoms. The molecule has 2 aromatic rings. The summed E-state index contributed by atoms with van der Waals surface area (Å²) in [5.41, 5.74) is 1.47. The lowest BCUT2D eigenvalue weighted by Crippen LogP contribution is -2.11. The minimum Gasteiger partial charge on any atom is -0.481 e. The number of carboxylic acid groups (broad SMARTS) is 1. The predicted octanol–water partition coefficient (Wildman–Crippen LogP) is 2.21. The Morgan fingerprint density at radius 2 is 2.19 bits per heavy atom. The number of hydrogen-bond donors (Lipinski definition) is 1. The predicted molar refractivity (Wildman–Crippen MR) is 60.2 cm³/mol. The van der Waals surface area contributed by atoms with Crippen LogP contribution in [0.3, 0.4) is 0 Å². The molecule has 82 valence electrons. The van der Waals surface area contributed by atoms with Gasteiger partial charge in [0.25, 0.3) is 0 Å². The van der Waals surface area contributed by atoms with E-state index in [0.29, 0.717) is 6.42 Å². The summed E-state index contributed by atoms with van der Waals surface area (Å²) in [5.74, 6) is -1.33. The fraction of sp³-hybridized carbons (Fsp3) is 0.250. The van der Waals surface area contributed by atoms with Crippen LogP contribution in [0.15, 0.2) is 30.5 Å². The minimum absolute atomic E-state index is 0.514. The van der Waals surface area contributed by atoms with Gasteiger partial charge in [-0.3, -0.25) is 4.79 Å². The van der Waals surface area contributed by atoms with Crippen molar-refractivity contribution in [1.29, 1.82) is 0 Å². The number of aliphatic carboxylic acids is 1. The molecule has 0 aliphatic carbocycles. The summed E-state index contributed by atoms with van der Waals surface area (Å²) in [6.45, 7) is 1.86. The van der Waals surface area contributed by atoms with Crippen molar-refractivity contribution in [2.24, 2.45) is 0 Å². The minimum atomic E-state index is -0.819. The van der Waals surface area contributed by atoms with Crippen LogP contribution in [0.4, 0.5) is 0 Å². The highest BCUT2D eigenvalue weighted by Crippen LogP contribution is 2.25. The number of carboxylic acids is 1. The first-order chi connectivity index (χ1) is 7.74. The molecule has 1 aromatic carbocycles. The Bertz CT molecular complexity index is 520. The van der Waals surface area contributed by atoms with Crippen LogP contribution in [0.2, 0.25) is 0 Å². The van der Waals surface area contributed by atoms with Gasteiger partial charge in [-0.1, -0.05) is 25.1 Å². The summed E-state index contributed by atoms with van der Waals surface area (Å²) in [6, 6.07) is 7.45. The van der Waals surface area contributed by atoms with Gasteiger partial charge in [0.2, 0.25) is 0 Å². The van der Waals surface area contributed by atoms with Gasteiger partial charge in [0.15, 0.2) is 0 Å². The average molecular weight is 216 g/mol. The van der Waals surface area contributed by atoms with Gasteiger partial charge in [-0.15, -0.1) is 0 Å². The standard InChI is InChI=1S/C12H12N2O2/c1-2-8(12(15)16)10-7-13-14-11-6-4-3-5-9(10)11/h3-8H,2H2,1H3,(H,15,16). The first kappa shape index (κ1) is 10.5. The maximum Gasteiger partial charge on any atom is 0.311 e. The lowest BCUT2D eigenvalue weighted by atomic mass is 9.95. The first-order valence-corrected chi connectivity index (χ1v) is 5.17. The molecule has 1 aromatic heterocycles. The second-order valence-corrected chi connectivity index (χ2v) is 3.62. The monoisotopic (exact) mass is 216 g/mol. The van der Waals surface area contributed by atoms with Gasteiger partial charge >= 0.3 is 5.97 Å². The van der Waals surface area contributed by atoms with Crippen molar-refractivity contribution in [3.63, 3.8) is 0 Å². The third-order valence-corrected chi connectivity index (χ3v) is 2.66. The Balaban J connectivity index is 2.63. The third kappa shape index (κ3) is 1.74. The molecule has 1 heterocycles. The molecule has 0 saturated heterocycles. The second-order valence-electron chi connectivity index (χ2n) is 3.62. The van der Waals surface area contributed by atoms with Crippen molar-refractivity contribution >= 4 is 16.9 Å². The summed E-state index contributed by atoms with van der Waals surface area (Å²) in [6.07, 6.45) is 2.09. The fourth-order valence-corrected chi connectivity index (χ4v) is 1.83. The molecule has 0 radical (unpaired) electrons. The molecule has 1 N–H and O–H groups in total.